The van der Waals surface area contributed by atoms with Crippen molar-refractivity contribution in [3.63, 3.8) is 0 Å². The lowest BCUT2D eigenvalue weighted by Gasteiger charge is -2.24. The van der Waals surface area contributed by atoms with E-state index in [0.29, 0.717) is 0 Å². The molecule has 0 aromatic heterocycles. The van der Waals surface area contributed by atoms with Crippen molar-refractivity contribution < 1.29 is 13.2 Å². The monoisotopic (exact) mass is 340 g/mol. The Kier molecular flexibility index (Phi) is 4.36. The molecule has 1 fully saturated rings. The lowest BCUT2D eigenvalue weighted by molar-refractivity contribution is 0.415. The number of anilines is 1. The third-order valence-corrected chi connectivity index (χ3v) is 7.11. The van der Waals surface area contributed by atoms with Gasteiger partial charge in [0, 0.05) is 17.5 Å². The molecular formula is C15H20N2O3S2. The van der Waals surface area contributed by atoms with E-state index in [2.05, 4.69) is 16.8 Å². The van der Waals surface area contributed by atoms with Gasteiger partial charge in [0.05, 0.1) is 24.7 Å². The average Bonchev–Trinajstić information content (AvgIpc) is 2.98. The van der Waals surface area contributed by atoms with Gasteiger partial charge in [-0.15, -0.1) is 0 Å². The van der Waals surface area contributed by atoms with E-state index in [-0.39, 0.29) is 22.8 Å². The molecule has 2 unspecified atom stereocenters. The predicted octanol–water partition coefficient (Wildman–Crippen LogP) is 2.18. The van der Waals surface area contributed by atoms with Crippen molar-refractivity contribution in [1.29, 1.82) is 0 Å². The number of nitrogens with zero attached hydrogens (tertiary/aromatic N) is 2. The Morgan fingerprint density at radius 2 is 2.05 bits per heavy atom. The van der Waals surface area contributed by atoms with E-state index in [1.165, 1.54) is 0 Å². The van der Waals surface area contributed by atoms with Crippen LogP contribution in [0.1, 0.15) is 13.3 Å². The van der Waals surface area contributed by atoms with Gasteiger partial charge in [0.1, 0.15) is 5.75 Å². The zero-order valence-corrected chi connectivity index (χ0v) is 14.4. The highest BCUT2D eigenvalue weighted by atomic mass is 32.2. The number of sulfone groups is 1. The first kappa shape index (κ1) is 15.7. The maximum absolute atomic E-state index is 11.7. The number of aliphatic imine (C=N–C) groups is 1. The second-order valence-corrected chi connectivity index (χ2v) is 8.92. The molecule has 7 heteroatoms. The summed E-state index contributed by atoms with van der Waals surface area (Å²) in [6.45, 7) is 2.99. The molecule has 2 heterocycles. The highest BCUT2D eigenvalue weighted by molar-refractivity contribution is 8.15. The van der Waals surface area contributed by atoms with E-state index in [4.69, 9.17) is 4.74 Å². The van der Waals surface area contributed by atoms with Gasteiger partial charge < -0.3 is 9.64 Å². The van der Waals surface area contributed by atoms with Gasteiger partial charge in [0.25, 0.3) is 0 Å². The second kappa shape index (κ2) is 6.12. The van der Waals surface area contributed by atoms with Crippen LogP contribution in [0.15, 0.2) is 29.3 Å². The van der Waals surface area contributed by atoms with Gasteiger partial charge >= 0.3 is 0 Å². The third-order valence-electron chi connectivity index (χ3n) is 3.87. The van der Waals surface area contributed by atoms with Crippen LogP contribution in [-0.4, -0.2) is 50.0 Å². The molecule has 120 valence electrons. The van der Waals surface area contributed by atoms with Crippen molar-refractivity contribution in [3.8, 4) is 5.75 Å². The summed E-state index contributed by atoms with van der Waals surface area (Å²) in [5.41, 5.74) is 1.07. The molecule has 0 N–H and O–H groups in total. The Morgan fingerprint density at radius 3 is 2.64 bits per heavy atom. The van der Waals surface area contributed by atoms with E-state index in [1.54, 1.807) is 18.9 Å². The highest BCUT2D eigenvalue weighted by Crippen LogP contribution is 2.37. The van der Waals surface area contributed by atoms with E-state index in [0.717, 1.165) is 29.6 Å². The van der Waals surface area contributed by atoms with E-state index in [1.807, 2.05) is 24.3 Å². The summed E-state index contributed by atoms with van der Waals surface area (Å²) in [5.74, 6) is 1.26. The summed E-state index contributed by atoms with van der Waals surface area (Å²) >= 11 is 1.60. The van der Waals surface area contributed by atoms with E-state index < -0.39 is 9.84 Å². The molecule has 1 aromatic rings. The number of benzene rings is 1. The van der Waals surface area contributed by atoms with Crippen LogP contribution in [0, 0.1) is 0 Å². The number of hydrogen-bond acceptors (Lipinski definition) is 6. The number of hydrogen-bond donors (Lipinski definition) is 0. The van der Waals surface area contributed by atoms with Crippen molar-refractivity contribution in [1.82, 2.24) is 0 Å². The van der Waals surface area contributed by atoms with Crippen LogP contribution >= 0.6 is 11.8 Å². The second-order valence-electron chi connectivity index (χ2n) is 5.56. The molecule has 2 aliphatic rings. The van der Waals surface area contributed by atoms with Crippen LogP contribution in [0.5, 0.6) is 5.75 Å². The lowest BCUT2D eigenvalue weighted by Crippen LogP contribution is -2.29. The number of ether oxygens (including phenoxy) is 1. The molecule has 2 atom stereocenters. The zero-order chi connectivity index (χ0) is 15.7. The molecule has 0 saturated carbocycles. The quantitative estimate of drug-likeness (QED) is 0.841. The van der Waals surface area contributed by atoms with Gasteiger partial charge in [-0.05, 0) is 30.7 Å². The van der Waals surface area contributed by atoms with Gasteiger partial charge in [0.2, 0.25) is 0 Å². The summed E-state index contributed by atoms with van der Waals surface area (Å²) in [6.07, 6.45) is 0.999. The fraction of sp³-hybridized carbons (Fsp3) is 0.533. The van der Waals surface area contributed by atoms with Crippen LogP contribution in [0.3, 0.4) is 0 Å². The van der Waals surface area contributed by atoms with Gasteiger partial charge in [-0.25, -0.2) is 8.42 Å². The minimum atomic E-state index is -2.90. The molecule has 22 heavy (non-hydrogen) atoms. The fourth-order valence-electron chi connectivity index (χ4n) is 2.79. The number of fused-ring (bicyclic) bond motifs is 1. The predicted molar refractivity (Wildman–Crippen MR) is 91.9 cm³/mol. The minimum Gasteiger partial charge on any atom is -0.497 e. The molecule has 3 rings (SSSR count). The standard InChI is InChI=1S/C15H20N2O3S2/c1-3-8-17(11-4-6-12(20-2)7-5-11)15-16-13-9-22(18,19)10-14(13)21-15/h4-7,13-14H,3,8-10H2,1-2H3. The van der Waals surface area contributed by atoms with Gasteiger partial charge in [0.15, 0.2) is 15.0 Å². The molecule has 0 amide bonds. The molecule has 1 saturated heterocycles. The largest absolute Gasteiger partial charge is 0.497 e. The Morgan fingerprint density at radius 1 is 1.32 bits per heavy atom. The average molecular weight is 340 g/mol. The first-order valence-corrected chi connectivity index (χ1v) is 10.1. The van der Waals surface area contributed by atoms with Gasteiger partial charge in [-0.2, -0.15) is 0 Å². The van der Waals surface area contributed by atoms with Crippen molar-refractivity contribution in [2.24, 2.45) is 4.99 Å². The first-order valence-electron chi connectivity index (χ1n) is 7.39. The SMILES string of the molecule is CCCN(C1=NC2CS(=O)(=O)CC2S1)c1ccc(OC)cc1. The maximum atomic E-state index is 11.7. The molecule has 1 aromatic carbocycles. The maximum Gasteiger partial charge on any atom is 0.164 e. The highest BCUT2D eigenvalue weighted by Gasteiger charge is 2.43. The molecule has 2 aliphatic heterocycles. The Hall–Kier alpha value is -1.21. The topological polar surface area (TPSA) is 59.0 Å². The van der Waals surface area contributed by atoms with Crippen LogP contribution in [0.2, 0.25) is 0 Å². The number of thioether (sulfide) groups is 1. The van der Waals surface area contributed by atoms with Gasteiger partial charge in [-0.1, -0.05) is 18.7 Å². The number of amidine groups is 1. The summed E-state index contributed by atoms with van der Waals surface area (Å²) < 4.78 is 28.6. The van der Waals surface area contributed by atoms with Crippen LogP contribution in [0.4, 0.5) is 5.69 Å². The summed E-state index contributed by atoms with van der Waals surface area (Å²) in [4.78, 5) is 6.85. The molecule has 5 nitrogen and oxygen atoms in total. The van der Waals surface area contributed by atoms with Crippen LogP contribution in [-0.2, 0) is 9.84 Å². The van der Waals surface area contributed by atoms with E-state index in [9.17, 15) is 8.42 Å². The fourth-order valence-corrected chi connectivity index (χ4v) is 6.60. The Balaban J connectivity index is 1.83. The molecule has 0 bridgehead atoms. The molecule has 0 radical (unpaired) electrons. The third kappa shape index (κ3) is 3.10. The number of rotatable bonds is 4. The summed E-state index contributed by atoms with van der Waals surface area (Å²) in [6, 6.07) is 7.82. The Bertz CT molecular complexity index is 671. The van der Waals surface area contributed by atoms with Gasteiger partial charge in [-0.3, -0.25) is 4.99 Å². The van der Waals surface area contributed by atoms with Crippen LogP contribution in [0.25, 0.3) is 0 Å². The van der Waals surface area contributed by atoms with Crippen molar-refractivity contribution >= 4 is 32.5 Å². The normalized spacial score (nSPS) is 25.6. The molecular weight excluding hydrogens is 320 g/mol. The van der Waals surface area contributed by atoms with Crippen LogP contribution < -0.4 is 9.64 Å². The Labute approximate surface area is 135 Å². The number of methoxy groups -OCH3 is 1. The van der Waals surface area contributed by atoms with Crippen molar-refractivity contribution in [3.05, 3.63) is 24.3 Å². The molecule has 0 spiro atoms. The van der Waals surface area contributed by atoms with Crippen molar-refractivity contribution in [2.45, 2.75) is 24.6 Å². The minimum absolute atomic E-state index is 0.0809. The van der Waals surface area contributed by atoms with E-state index >= 15 is 0 Å². The molecule has 0 aliphatic carbocycles. The zero-order valence-electron chi connectivity index (χ0n) is 12.7. The first-order chi connectivity index (χ1) is 10.5. The summed E-state index contributed by atoms with van der Waals surface area (Å²) in [5, 5.41) is 1.02. The smallest absolute Gasteiger partial charge is 0.164 e. The summed E-state index contributed by atoms with van der Waals surface area (Å²) in [7, 11) is -1.25. The lowest BCUT2D eigenvalue weighted by atomic mass is 10.2. The van der Waals surface area contributed by atoms with Crippen molar-refractivity contribution in [2.75, 3.05) is 30.1 Å².